The van der Waals surface area contributed by atoms with Crippen LogP contribution in [0.3, 0.4) is 0 Å². The molecule has 6 atom stereocenters. The van der Waals surface area contributed by atoms with Gasteiger partial charge in [-0.25, -0.2) is 0 Å². The number of hydrogen-bond acceptors (Lipinski definition) is 4. The van der Waals surface area contributed by atoms with E-state index in [1.165, 1.54) is 7.11 Å². The Hall–Kier alpha value is 0.110. The fourth-order valence-electron chi connectivity index (χ4n) is 4.55. The first-order valence-electron chi connectivity index (χ1n) is 6.76. The summed E-state index contributed by atoms with van der Waals surface area (Å²) in [6, 6.07) is 0. The topological polar surface area (TPSA) is 44.8 Å². The molecule has 0 aromatic heterocycles. The molecule has 3 saturated carbocycles. The summed E-state index contributed by atoms with van der Waals surface area (Å²) in [6.07, 6.45) is 4.31. The van der Waals surface area contributed by atoms with Crippen molar-refractivity contribution < 1.29 is 18.3 Å². The number of methoxy groups -OCH3 is 1. The van der Waals surface area contributed by atoms with Gasteiger partial charge in [0.2, 0.25) is 0 Å². The van der Waals surface area contributed by atoms with Crippen LogP contribution in [0.15, 0.2) is 0 Å². The summed E-state index contributed by atoms with van der Waals surface area (Å²) in [6.45, 7) is 3.84. The molecule has 0 N–H and O–H groups in total. The van der Waals surface area contributed by atoms with Crippen LogP contribution < -0.4 is 0 Å². The zero-order valence-electron chi connectivity index (χ0n) is 11.6. The zero-order chi connectivity index (χ0) is 13.2. The molecular formula is C13H23O4P. The average Bonchev–Trinajstić information content (AvgIpc) is 2.74. The van der Waals surface area contributed by atoms with Crippen molar-refractivity contribution in [3.05, 3.63) is 0 Å². The molecule has 3 rings (SSSR count). The van der Waals surface area contributed by atoms with Crippen molar-refractivity contribution in [1.29, 1.82) is 0 Å². The van der Waals surface area contributed by atoms with Crippen molar-refractivity contribution in [2.45, 2.75) is 43.8 Å². The van der Waals surface area contributed by atoms with Crippen LogP contribution in [-0.2, 0) is 18.3 Å². The molecule has 104 valence electrons. The molecule has 0 saturated heterocycles. The van der Waals surface area contributed by atoms with Gasteiger partial charge < -0.3 is 13.8 Å². The van der Waals surface area contributed by atoms with Crippen molar-refractivity contribution in [1.82, 2.24) is 0 Å². The molecule has 0 amide bonds. The zero-order valence-corrected chi connectivity index (χ0v) is 12.5. The summed E-state index contributed by atoms with van der Waals surface area (Å²) in [5.41, 5.74) is -0.253. The maximum atomic E-state index is 12.1. The molecule has 0 spiro atoms. The summed E-state index contributed by atoms with van der Waals surface area (Å²) in [5.74, 6) is 1.56. The first-order chi connectivity index (χ1) is 8.37. The number of fused-ring (bicyclic) bond motifs is 3. The van der Waals surface area contributed by atoms with Gasteiger partial charge in [-0.15, -0.1) is 0 Å². The second-order valence-electron chi connectivity index (χ2n) is 6.47. The molecule has 4 nitrogen and oxygen atoms in total. The van der Waals surface area contributed by atoms with Crippen LogP contribution >= 0.6 is 7.60 Å². The third kappa shape index (κ3) is 1.66. The SMILES string of the molecule is CO[C@]12CC3C[C@]3(OP(C)(=O)OC)[C@H]1C[C@@H](C)C2. The smallest absolute Gasteiger partial charge is 0.327 e. The van der Waals surface area contributed by atoms with Gasteiger partial charge >= 0.3 is 7.60 Å². The molecular weight excluding hydrogens is 251 g/mol. The van der Waals surface area contributed by atoms with Crippen LogP contribution in [-0.4, -0.2) is 32.1 Å². The molecule has 3 fully saturated rings. The van der Waals surface area contributed by atoms with E-state index in [0.29, 0.717) is 17.8 Å². The van der Waals surface area contributed by atoms with Crippen LogP contribution in [0, 0.1) is 17.8 Å². The lowest BCUT2D eigenvalue weighted by atomic mass is 9.88. The van der Waals surface area contributed by atoms with Gasteiger partial charge in [0.25, 0.3) is 0 Å². The first-order valence-corrected chi connectivity index (χ1v) is 8.75. The highest BCUT2D eigenvalue weighted by molar-refractivity contribution is 7.53. The highest BCUT2D eigenvalue weighted by Gasteiger charge is 2.76. The van der Waals surface area contributed by atoms with Gasteiger partial charge in [-0.1, -0.05) is 6.92 Å². The Morgan fingerprint density at radius 2 is 1.94 bits per heavy atom. The minimum Gasteiger partial charge on any atom is -0.378 e. The molecule has 2 unspecified atom stereocenters. The predicted molar refractivity (Wildman–Crippen MR) is 68.7 cm³/mol. The van der Waals surface area contributed by atoms with Gasteiger partial charge in [-0.05, 0) is 37.5 Å². The summed E-state index contributed by atoms with van der Waals surface area (Å²) < 4.78 is 29.0. The summed E-state index contributed by atoms with van der Waals surface area (Å²) >= 11 is 0. The third-order valence-corrected chi connectivity index (χ3v) is 6.65. The standard InChI is InChI=1S/C13H23O4P/c1-9-5-11-12(6-9,15-2)7-10-8-13(10,11)17-18(4,14)16-3/h9-11H,5-8H2,1-4H3/t9-,10?,11+,12-,13-,18?/m1/s1. The Kier molecular flexibility index (Phi) is 2.78. The maximum absolute atomic E-state index is 12.1. The number of hydrogen-bond donors (Lipinski definition) is 0. The van der Waals surface area contributed by atoms with E-state index < -0.39 is 7.60 Å². The molecule has 5 heteroatoms. The van der Waals surface area contributed by atoms with Crippen molar-refractivity contribution in [3.8, 4) is 0 Å². The van der Waals surface area contributed by atoms with Crippen molar-refractivity contribution in [2.75, 3.05) is 20.9 Å². The molecule has 3 aliphatic carbocycles. The predicted octanol–water partition coefficient (Wildman–Crippen LogP) is 3.07. The minimum absolute atomic E-state index is 0.0317. The van der Waals surface area contributed by atoms with Gasteiger partial charge in [0.1, 0.15) is 0 Å². The Morgan fingerprint density at radius 3 is 2.56 bits per heavy atom. The quantitative estimate of drug-likeness (QED) is 0.739. The highest BCUT2D eigenvalue weighted by Crippen LogP contribution is 2.74. The van der Waals surface area contributed by atoms with Crippen molar-refractivity contribution in [2.24, 2.45) is 17.8 Å². The first kappa shape index (κ1) is 13.1. The molecule has 0 radical (unpaired) electrons. The lowest BCUT2D eigenvalue weighted by molar-refractivity contribution is -0.0605. The van der Waals surface area contributed by atoms with E-state index in [1.54, 1.807) is 6.66 Å². The van der Waals surface area contributed by atoms with Gasteiger partial charge in [0.05, 0.1) is 11.2 Å². The maximum Gasteiger partial charge on any atom is 0.327 e. The van der Waals surface area contributed by atoms with Crippen LogP contribution in [0.2, 0.25) is 0 Å². The van der Waals surface area contributed by atoms with E-state index in [2.05, 4.69) is 6.92 Å². The lowest BCUT2D eigenvalue weighted by Crippen LogP contribution is -2.38. The van der Waals surface area contributed by atoms with Crippen molar-refractivity contribution in [3.63, 3.8) is 0 Å². The fourth-order valence-corrected chi connectivity index (χ4v) is 5.59. The van der Waals surface area contributed by atoms with E-state index >= 15 is 0 Å². The van der Waals surface area contributed by atoms with Gasteiger partial charge in [-0.3, -0.25) is 4.57 Å². The second kappa shape index (κ2) is 3.82. The summed E-state index contributed by atoms with van der Waals surface area (Å²) in [5, 5.41) is 0. The average molecular weight is 274 g/mol. The molecule has 0 heterocycles. The van der Waals surface area contributed by atoms with E-state index in [9.17, 15) is 4.57 Å². The molecule has 0 aliphatic heterocycles. The molecule has 0 aromatic carbocycles. The molecule has 0 bridgehead atoms. The summed E-state index contributed by atoms with van der Waals surface area (Å²) in [7, 11) is 0.363. The molecule has 3 aliphatic rings. The van der Waals surface area contributed by atoms with E-state index in [4.69, 9.17) is 13.8 Å². The molecule has 0 aromatic rings. The van der Waals surface area contributed by atoms with Crippen molar-refractivity contribution >= 4 is 7.60 Å². The Morgan fingerprint density at radius 1 is 1.22 bits per heavy atom. The number of ether oxygens (including phenoxy) is 1. The van der Waals surface area contributed by atoms with Crippen LogP contribution in [0.4, 0.5) is 0 Å². The monoisotopic (exact) mass is 274 g/mol. The second-order valence-corrected chi connectivity index (χ2v) is 8.56. The van der Waals surface area contributed by atoms with Crippen LogP contribution in [0.1, 0.15) is 32.6 Å². The van der Waals surface area contributed by atoms with Gasteiger partial charge in [0.15, 0.2) is 0 Å². The van der Waals surface area contributed by atoms with Crippen LogP contribution in [0.5, 0.6) is 0 Å². The third-order valence-electron chi connectivity index (χ3n) is 5.32. The van der Waals surface area contributed by atoms with Crippen LogP contribution in [0.25, 0.3) is 0 Å². The molecule has 18 heavy (non-hydrogen) atoms. The minimum atomic E-state index is -2.91. The normalized spacial score (nSPS) is 52.8. The largest absolute Gasteiger partial charge is 0.378 e. The van der Waals surface area contributed by atoms with Gasteiger partial charge in [-0.2, -0.15) is 0 Å². The van der Waals surface area contributed by atoms with E-state index in [1.807, 2.05) is 7.11 Å². The Bertz CT molecular complexity index is 412. The lowest BCUT2D eigenvalue weighted by Gasteiger charge is -2.34. The van der Waals surface area contributed by atoms with E-state index in [-0.39, 0.29) is 11.2 Å². The van der Waals surface area contributed by atoms with Gasteiger partial charge in [0, 0.05) is 26.8 Å². The fraction of sp³-hybridized carbons (Fsp3) is 1.00. The summed E-state index contributed by atoms with van der Waals surface area (Å²) in [4.78, 5) is 0. The number of rotatable bonds is 4. The Labute approximate surface area is 109 Å². The highest BCUT2D eigenvalue weighted by atomic mass is 31.2. The Balaban J connectivity index is 1.86. The van der Waals surface area contributed by atoms with E-state index in [0.717, 1.165) is 25.7 Å².